The predicted molar refractivity (Wildman–Crippen MR) is 46.7 cm³/mol. The fraction of sp³-hybridized carbons (Fsp3) is 0.400. The van der Waals surface area contributed by atoms with Crippen LogP contribution in [0, 0.1) is 0 Å². The van der Waals surface area contributed by atoms with Crippen LogP contribution in [0.1, 0.15) is 23.6 Å². The summed E-state index contributed by atoms with van der Waals surface area (Å²) in [5.41, 5.74) is -0.522. The first-order valence-corrected chi connectivity index (χ1v) is 4.29. The summed E-state index contributed by atoms with van der Waals surface area (Å²) in [6, 6.07) is 4.25. The second kappa shape index (κ2) is 4.00. The Morgan fingerprint density at radius 2 is 1.79 bits per heavy atom. The Kier molecular flexibility index (Phi) is 3.16. The number of halogens is 3. The van der Waals surface area contributed by atoms with Crippen LogP contribution >= 0.6 is 0 Å². The number of rotatable bonds is 2. The van der Waals surface area contributed by atoms with E-state index in [0.29, 0.717) is 6.42 Å². The van der Waals surface area contributed by atoms with Gasteiger partial charge in [-0.15, -0.1) is 0 Å². The normalized spacial score (nSPS) is 11.8. The maximum atomic E-state index is 12.6. The molecule has 0 aliphatic heterocycles. The Balaban J connectivity index is 3.34. The van der Waals surface area contributed by atoms with Gasteiger partial charge in [0.2, 0.25) is 0 Å². The lowest BCUT2D eigenvalue weighted by atomic mass is 9.99. The van der Waals surface area contributed by atoms with Gasteiger partial charge in [0.1, 0.15) is 0 Å². The van der Waals surface area contributed by atoms with Crippen molar-refractivity contribution >= 4 is 0 Å². The first kappa shape index (κ1) is 11.0. The molecule has 1 aromatic rings. The molecular weight excluding hydrogens is 193 g/mol. The van der Waals surface area contributed by atoms with Crippen molar-refractivity contribution < 1.29 is 18.3 Å². The van der Waals surface area contributed by atoms with Gasteiger partial charge in [-0.1, -0.05) is 25.1 Å². The molecule has 0 saturated heterocycles. The summed E-state index contributed by atoms with van der Waals surface area (Å²) in [4.78, 5) is 0. The molecule has 78 valence electrons. The Morgan fingerprint density at radius 3 is 2.21 bits per heavy atom. The summed E-state index contributed by atoms with van der Waals surface area (Å²) < 4.78 is 37.7. The average molecular weight is 204 g/mol. The zero-order valence-corrected chi connectivity index (χ0v) is 7.73. The molecule has 0 unspecified atom stereocenters. The zero-order chi connectivity index (χ0) is 10.8. The lowest BCUT2D eigenvalue weighted by Crippen LogP contribution is -2.12. The molecule has 0 aliphatic rings. The fourth-order valence-corrected chi connectivity index (χ4v) is 1.44. The van der Waals surface area contributed by atoms with E-state index in [2.05, 4.69) is 0 Å². The molecule has 0 bridgehead atoms. The van der Waals surface area contributed by atoms with Crippen LogP contribution in [0.3, 0.4) is 0 Å². The molecule has 0 aromatic heterocycles. The molecule has 1 N–H and O–H groups in total. The first-order chi connectivity index (χ1) is 6.50. The number of alkyl halides is 3. The van der Waals surface area contributed by atoms with Crippen molar-refractivity contribution in [1.82, 2.24) is 0 Å². The first-order valence-electron chi connectivity index (χ1n) is 4.29. The molecule has 0 saturated carbocycles. The van der Waals surface area contributed by atoms with Crippen LogP contribution in [-0.4, -0.2) is 5.11 Å². The summed E-state index contributed by atoms with van der Waals surface area (Å²) in [6.07, 6.45) is -4.08. The van der Waals surface area contributed by atoms with E-state index in [4.69, 9.17) is 5.11 Å². The summed E-state index contributed by atoms with van der Waals surface area (Å²) in [6.45, 7) is 1.08. The fourth-order valence-electron chi connectivity index (χ4n) is 1.44. The monoisotopic (exact) mass is 204 g/mol. The molecule has 0 spiro atoms. The van der Waals surface area contributed by atoms with Crippen LogP contribution in [0.5, 0.6) is 0 Å². The molecule has 1 nitrogen and oxygen atoms in total. The van der Waals surface area contributed by atoms with Gasteiger partial charge in [0, 0.05) is 0 Å². The molecule has 4 heteroatoms. The van der Waals surface area contributed by atoms with Gasteiger partial charge < -0.3 is 5.11 Å². The minimum absolute atomic E-state index is 0.0585. The number of hydrogen-bond acceptors (Lipinski definition) is 1. The SMILES string of the molecule is CCc1cccc(CO)c1C(F)(F)F. The summed E-state index contributed by atoms with van der Waals surface area (Å²) >= 11 is 0. The van der Waals surface area contributed by atoms with Crippen molar-refractivity contribution in [2.45, 2.75) is 26.1 Å². The van der Waals surface area contributed by atoms with Crippen LogP contribution in [0.25, 0.3) is 0 Å². The minimum Gasteiger partial charge on any atom is -0.392 e. The van der Waals surface area contributed by atoms with Crippen LogP contribution in [-0.2, 0) is 19.2 Å². The molecule has 0 aliphatic carbocycles. The molecule has 0 atom stereocenters. The third-order valence-electron chi connectivity index (χ3n) is 2.07. The minimum atomic E-state index is -4.38. The van der Waals surface area contributed by atoms with E-state index in [0.717, 1.165) is 0 Å². The van der Waals surface area contributed by atoms with Gasteiger partial charge in [0.25, 0.3) is 0 Å². The number of benzene rings is 1. The number of hydrogen-bond donors (Lipinski definition) is 1. The molecular formula is C10H11F3O. The van der Waals surface area contributed by atoms with Gasteiger partial charge in [-0.3, -0.25) is 0 Å². The predicted octanol–water partition coefficient (Wildman–Crippen LogP) is 2.76. The Morgan fingerprint density at radius 1 is 1.21 bits per heavy atom. The van der Waals surface area contributed by atoms with E-state index in [1.807, 2.05) is 0 Å². The Labute approximate surface area is 80.2 Å². The lowest BCUT2D eigenvalue weighted by Gasteiger charge is -2.15. The molecule has 14 heavy (non-hydrogen) atoms. The van der Waals surface area contributed by atoms with Crippen LogP contribution < -0.4 is 0 Å². The van der Waals surface area contributed by atoms with Gasteiger partial charge in [-0.2, -0.15) is 13.2 Å². The number of aliphatic hydroxyl groups is 1. The summed E-state index contributed by atoms with van der Waals surface area (Å²) in [5.74, 6) is 0. The van der Waals surface area contributed by atoms with Gasteiger partial charge in [-0.05, 0) is 17.5 Å². The standard InChI is InChI=1S/C10H11F3O/c1-2-7-4-3-5-8(6-14)9(7)10(11,12)13/h3-5,14H,2,6H2,1H3. The van der Waals surface area contributed by atoms with E-state index in [-0.39, 0.29) is 11.1 Å². The highest BCUT2D eigenvalue weighted by Crippen LogP contribution is 2.34. The maximum absolute atomic E-state index is 12.6. The van der Waals surface area contributed by atoms with E-state index in [1.54, 1.807) is 6.92 Å². The summed E-state index contributed by atoms with van der Waals surface area (Å²) in [5, 5.41) is 8.80. The van der Waals surface area contributed by atoms with Crippen molar-refractivity contribution in [3.05, 3.63) is 34.9 Å². The van der Waals surface area contributed by atoms with E-state index >= 15 is 0 Å². The third kappa shape index (κ3) is 2.07. The van der Waals surface area contributed by atoms with Crippen molar-refractivity contribution in [2.75, 3.05) is 0 Å². The topological polar surface area (TPSA) is 20.2 Å². The highest BCUT2D eigenvalue weighted by Gasteiger charge is 2.35. The van der Waals surface area contributed by atoms with E-state index in [1.165, 1.54) is 18.2 Å². The van der Waals surface area contributed by atoms with Crippen LogP contribution in [0.15, 0.2) is 18.2 Å². The average Bonchev–Trinajstić information content (AvgIpc) is 2.15. The Hall–Kier alpha value is -1.03. The van der Waals surface area contributed by atoms with E-state index in [9.17, 15) is 13.2 Å². The van der Waals surface area contributed by atoms with Crippen LogP contribution in [0.2, 0.25) is 0 Å². The molecule has 0 heterocycles. The number of aryl methyl sites for hydroxylation is 1. The van der Waals surface area contributed by atoms with Crippen molar-refractivity contribution in [3.63, 3.8) is 0 Å². The smallest absolute Gasteiger partial charge is 0.392 e. The second-order valence-corrected chi connectivity index (χ2v) is 2.96. The molecule has 0 radical (unpaired) electrons. The van der Waals surface area contributed by atoms with Gasteiger partial charge in [-0.25, -0.2) is 0 Å². The molecule has 0 fully saturated rings. The Bertz CT molecular complexity index is 295. The molecule has 1 aromatic carbocycles. The third-order valence-corrected chi connectivity index (χ3v) is 2.07. The lowest BCUT2D eigenvalue weighted by molar-refractivity contribution is -0.139. The van der Waals surface area contributed by atoms with Gasteiger partial charge >= 0.3 is 6.18 Å². The quantitative estimate of drug-likeness (QED) is 0.785. The zero-order valence-electron chi connectivity index (χ0n) is 7.73. The maximum Gasteiger partial charge on any atom is 0.417 e. The second-order valence-electron chi connectivity index (χ2n) is 2.96. The number of aliphatic hydroxyl groups excluding tert-OH is 1. The highest BCUT2D eigenvalue weighted by molar-refractivity contribution is 5.37. The van der Waals surface area contributed by atoms with Crippen molar-refractivity contribution in [1.29, 1.82) is 0 Å². The van der Waals surface area contributed by atoms with E-state index < -0.39 is 18.3 Å². The summed E-state index contributed by atoms with van der Waals surface area (Å²) in [7, 11) is 0. The van der Waals surface area contributed by atoms with Gasteiger partial charge in [0.05, 0.1) is 12.2 Å². The molecule has 0 amide bonds. The van der Waals surface area contributed by atoms with Crippen LogP contribution in [0.4, 0.5) is 13.2 Å². The largest absolute Gasteiger partial charge is 0.417 e. The van der Waals surface area contributed by atoms with Crippen molar-refractivity contribution in [3.8, 4) is 0 Å². The molecule has 1 rings (SSSR count). The van der Waals surface area contributed by atoms with Gasteiger partial charge in [0.15, 0.2) is 0 Å². The van der Waals surface area contributed by atoms with Crippen molar-refractivity contribution in [2.24, 2.45) is 0 Å². The highest BCUT2D eigenvalue weighted by atomic mass is 19.4.